The molecule has 0 spiro atoms. The summed E-state index contributed by atoms with van der Waals surface area (Å²) in [6.45, 7) is 3.73. The molecule has 0 aliphatic heterocycles. The fourth-order valence-electron chi connectivity index (χ4n) is 2.31. The third kappa shape index (κ3) is 6.96. The van der Waals surface area contributed by atoms with E-state index in [1.165, 1.54) is 11.1 Å². The minimum atomic E-state index is -0.157. The van der Waals surface area contributed by atoms with Crippen LogP contribution >= 0.6 is 27.5 Å². The van der Waals surface area contributed by atoms with E-state index < -0.39 is 0 Å². The van der Waals surface area contributed by atoms with Crippen molar-refractivity contribution in [1.82, 2.24) is 10.6 Å². The van der Waals surface area contributed by atoms with Crippen LogP contribution in [0.2, 0.25) is 5.02 Å². The maximum Gasteiger partial charge on any atom is 0.314 e. The van der Waals surface area contributed by atoms with E-state index in [1.807, 2.05) is 24.3 Å². The van der Waals surface area contributed by atoms with Gasteiger partial charge in [0.1, 0.15) is 5.75 Å². The minimum absolute atomic E-state index is 0.157. The molecule has 6 heteroatoms. The number of halogens is 2. The minimum Gasteiger partial charge on any atom is -0.492 e. The number of benzene rings is 2. The van der Waals surface area contributed by atoms with Gasteiger partial charge in [0.05, 0.1) is 11.6 Å². The zero-order chi connectivity index (χ0) is 18.1. The van der Waals surface area contributed by atoms with Crippen molar-refractivity contribution in [2.45, 2.75) is 19.8 Å². The molecule has 0 bridgehead atoms. The molecule has 0 heterocycles. The Morgan fingerprint density at radius 1 is 1.16 bits per heavy atom. The number of carbonyl (C=O) groups excluding carboxylic acids is 1. The van der Waals surface area contributed by atoms with E-state index in [4.69, 9.17) is 16.3 Å². The first-order valence-electron chi connectivity index (χ1n) is 8.20. The first-order chi connectivity index (χ1) is 12.1. The molecule has 0 aromatic heterocycles. The smallest absolute Gasteiger partial charge is 0.314 e. The number of ether oxygens (including phenoxy) is 1. The summed E-state index contributed by atoms with van der Waals surface area (Å²) in [6, 6.07) is 13.5. The van der Waals surface area contributed by atoms with Gasteiger partial charge in [0, 0.05) is 17.6 Å². The molecule has 0 saturated heterocycles. The van der Waals surface area contributed by atoms with Crippen molar-refractivity contribution in [2.24, 2.45) is 0 Å². The van der Waals surface area contributed by atoms with Gasteiger partial charge in [-0.05, 0) is 49.1 Å². The summed E-state index contributed by atoms with van der Waals surface area (Å²) < 4.78 is 6.51. The Balaban J connectivity index is 1.57. The molecule has 2 aromatic rings. The van der Waals surface area contributed by atoms with Gasteiger partial charge in [-0.3, -0.25) is 0 Å². The lowest BCUT2D eigenvalue weighted by Gasteiger charge is -2.10. The summed E-state index contributed by atoms with van der Waals surface area (Å²) in [4.78, 5) is 11.8. The topological polar surface area (TPSA) is 50.4 Å². The van der Waals surface area contributed by atoms with Crippen molar-refractivity contribution in [1.29, 1.82) is 0 Å². The number of aryl methyl sites for hydroxylation is 1. The molecule has 25 heavy (non-hydrogen) atoms. The Labute approximate surface area is 162 Å². The molecule has 2 N–H and O–H groups in total. The number of rotatable bonds is 8. The number of hydrogen-bond donors (Lipinski definition) is 2. The molecule has 0 fully saturated rings. The van der Waals surface area contributed by atoms with E-state index in [2.05, 4.69) is 45.6 Å². The highest BCUT2D eigenvalue weighted by atomic mass is 79.9. The molecule has 0 aliphatic carbocycles. The summed E-state index contributed by atoms with van der Waals surface area (Å²) in [7, 11) is 0. The number of nitrogens with one attached hydrogen (secondary N) is 2. The van der Waals surface area contributed by atoms with Crippen LogP contribution in [0.25, 0.3) is 0 Å². The molecule has 0 aliphatic rings. The lowest BCUT2D eigenvalue weighted by Crippen LogP contribution is -2.37. The molecular weight excluding hydrogens is 404 g/mol. The van der Waals surface area contributed by atoms with Crippen LogP contribution in [0.1, 0.15) is 17.5 Å². The molecule has 0 atom stereocenters. The average molecular weight is 426 g/mol. The zero-order valence-electron chi connectivity index (χ0n) is 14.1. The Kier molecular flexibility index (Phi) is 8.09. The summed E-state index contributed by atoms with van der Waals surface area (Å²) >= 11 is 9.43. The van der Waals surface area contributed by atoms with E-state index in [1.54, 1.807) is 6.07 Å². The van der Waals surface area contributed by atoms with Crippen molar-refractivity contribution >= 4 is 33.6 Å². The second-order valence-corrected chi connectivity index (χ2v) is 6.96. The summed E-state index contributed by atoms with van der Waals surface area (Å²) in [5, 5.41) is 6.25. The monoisotopic (exact) mass is 424 g/mol. The number of amides is 2. The third-order valence-corrected chi connectivity index (χ3v) is 4.49. The van der Waals surface area contributed by atoms with Gasteiger partial charge in [0.2, 0.25) is 0 Å². The van der Waals surface area contributed by atoms with E-state index >= 15 is 0 Å². The average Bonchev–Trinajstić information content (AvgIpc) is 2.58. The van der Waals surface area contributed by atoms with Gasteiger partial charge in [-0.25, -0.2) is 4.79 Å². The number of hydrogen-bond acceptors (Lipinski definition) is 2. The van der Waals surface area contributed by atoms with Crippen LogP contribution in [0.4, 0.5) is 4.79 Å². The van der Waals surface area contributed by atoms with Gasteiger partial charge in [-0.1, -0.05) is 51.8 Å². The Hall–Kier alpha value is -1.72. The molecule has 2 rings (SSSR count). The second kappa shape index (κ2) is 10.3. The molecule has 4 nitrogen and oxygen atoms in total. The van der Waals surface area contributed by atoms with Crippen LogP contribution < -0.4 is 15.4 Å². The molecule has 0 radical (unpaired) electrons. The van der Waals surface area contributed by atoms with Crippen LogP contribution in [0.15, 0.2) is 46.9 Å². The van der Waals surface area contributed by atoms with E-state index in [9.17, 15) is 4.79 Å². The van der Waals surface area contributed by atoms with E-state index in [0.717, 1.165) is 10.9 Å². The molecule has 2 aromatic carbocycles. The van der Waals surface area contributed by atoms with Gasteiger partial charge in [-0.2, -0.15) is 0 Å². The van der Waals surface area contributed by atoms with Crippen LogP contribution in [0.5, 0.6) is 5.75 Å². The quantitative estimate of drug-likeness (QED) is 0.601. The van der Waals surface area contributed by atoms with Crippen LogP contribution in [-0.4, -0.2) is 25.7 Å². The first-order valence-corrected chi connectivity index (χ1v) is 9.37. The predicted molar refractivity (Wildman–Crippen MR) is 106 cm³/mol. The van der Waals surface area contributed by atoms with Gasteiger partial charge in [0.15, 0.2) is 0 Å². The van der Waals surface area contributed by atoms with Crippen molar-refractivity contribution in [3.8, 4) is 5.75 Å². The van der Waals surface area contributed by atoms with Crippen LogP contribution in [-0.2, 0) is 6.42 Å². The summed E-state index contributed by atoms with van der Waals surface area (Å²) in [6.07, 6.45) is 1.53. The standard InChI is InChI=1S/C19H22BrClN2O2/c1-14-5-2-3-6-15(14)9-11-23-19(24)22-10-4-12-25-18-8-7-16(20)13-17(18)21/h2-3,5-8,13H,4,9-12H2,1H3,(H2,22,23,24). The maximum atomic E-state index is 11.8. The van der Waals surface area contributed by atoms with Crippen molar-refractivity contribution in [2.75, 3.05) is 19.7 Å². The van der Waals surface area contributed by atoms with Crippen LogP contribution in [0.3, 0.4) is 0 Å². The number of urea groups is 1. The lowest BCUT2D eigenvalue weighted by molar-refractivity contribution is 0.239. The third-order valence-electron chi connectivity index (χ3n) is 3.70. The first kappa shape index (κ1) is 19.6. The Bertz CT molecular complexity index is 710. The van der Waals surface area contributed by atoms with E-state index in [-0.39, 0.29) is 6.03 Å². The van der Waals surface area contributed by atoms with Gasteiger partial charge >= 0.3 is 6.03 Å². The highest BCUT2D eigenvalue weighted by Crippen LogP contribution is 2.27. The van der Waals surface area contributed by atoms with Gasteiger partial charge in [-0.15, -0.1) is 0 Å². The molecule has 0 unspecified atom stereocenters. The molecule has 2 amide bonds. The second-order valence-electron chi connectivity index (χ2n) is 5.64. The Morgan fingerprint density at radius 2 is 1.92 bits per heavy atom. The predicted octanol–water partition coefficient (Wildman–Crippen LogP) is 4.72. The summed E-state index contributed by atoms with van der Waals surface area (Å²) in [5.41, 5.74) is 2.50. The van der Waals surface area contributed by atoms with Crippen molar-refractivity contribution < 1.29 is 9.53 Å². The zero-order valence-corrected chi connectivity index (χ0v) is 16.5. The molecule has 0 saturated carbocycles. The van der Waals surface area contributed by atoms with Crippen molar-refractivity contribution in [3.05, 3.63) is 63.1 Å². The normalized spacial score (nSPS) is 10.4. The SMILES string of the molecule is Cc1ccccc1CCNC(=O)NCCCOc1ccc(Br)cc1Cl. The fourth-order valence-corrected chi connectivity index (χ4v) is 3.04. The maximum absolute atomic E-state index is 11.8. The fraction of sp³-hybridized carbons (Fsp3) is 0.316. The van der Waals surface area contributed by atoms with Gasteiger partial charge < -0.3 is 15.4 Å². The highest BCUT2D eigenvalue weighted by molar-refractivity contribution is 9.10. The number of carbonyl (C=O) groups is 1. The van der Waals surface area contributed by atoms with E-state index in [0.29, 0.717) is 36.9 Å². The highest BCUT2D eigenvalue weighted by Gasteiger charge is 2.03. The van der Waals surface area contributed by atoms with Gasteiger partial charge in [0.25, 0.3) is 0 Å². The molecule has 134 valence electrons. The molecular formula is C19H22BrClN2O2. The Morgan fingerprint density at radius 3 is 2.68 bits per heavy atom. The van der Waals surface area contributed by atoms with Crippen LogP contribution in [0, 0.1) is 6.92 Å². The summed E-state index contributed by atoms with van der Waals surface area (Å²) in [5.74, 6) is 0.646. The largest absolute Gasteiger partial charge is 0.492 e. The lowest BCUT2D eigenvalue weighted by atomic mass is 10.1. The van der Waals surface area contributed by atoms with Crippen molar-refractivity contribution in [3.63, 3.8) is 0 Å².